The van der Waals surface area contributed by atoms with Crippen LogP contribution in [0.25, 0.3) is 0 Å². The first-order valence-corrected chi connectivity index (χ1v) is 6.01. The van der Waals surface area contributed by atoms with E-state index in [0.29, 0.717) is 0 Å². The quantitative estimate of drug-likeness (QED) is 0.487. The van der Waals surface area contributed by atoms with Gasteiger partial charge in [0.25, 0.3) is 11.4 Å². The highest BCUT2D eigenvalue weighted by Gasteiger charge is 2.22. The van der Waals surface area contributed by atoms with Crippen molar-refractivity contribution >= 4 is 23.3 Å². The number of nitrogens with zero attached hydrogens (tertiary/aromatic N) is 3. The number of aliphatic imine (C=N–C) groups is 1. The third kappa shape index (κ3) is 3.27. The van der Waals surface area contributed by atoms with Gasteiger partial charge < -0.3 is 0 Å². The predicted molar refractivity (Wildman–Crippen MR) is 78.2 cm³/mol. The van der Waals surface area contributed by atoms with Crippen molar-refractivity contribution in [1.82, 2.24) is 0 Å². The fourth-order valence-electron chi connectivity index (χ4n) is 1.81. The van der Waals surface area contributed by atoms with Crippen molar-refractivity contribution in [2.75, 3.05) is 0 Å². The van der Waals surface area contributed by atoms with Gasteiger partial charge in [-0.05, 0) is 12.5 Å². The van der Waals surface area contributed by atoms with Crippen LogP contribution >= 0.6 is 0 Å². The first kappa shape index (κ1) is 14.3. The highest BCUT2D eigenvalue weighted by Crippen LogP contribution is 2.32. The molecule has 0 unspecified atom stereocenters. The van der Waals surface area contributed by atoms with E-state index in [2.05, 4.69) is 4.99 Å². The standard InChI is InChI=1S/C14H11N3O4/c1-10-13(16(18)19)7-12(8-14(10)17(20)21)15-9-11-5-3-2-4-6-11/h2-9H,1H3. The van der Waals surface area contributed by atoms with Gasteiger partial charge in [-0.3, -0.25) is 25.2 Å². The number of rotatable bonds is 4. The second-order valence-corrected chi connectivity index (χ2v) is 4.29. The molecule has 0 saturated heterocycles. The lowest BCUT2D eigenvalue weighted by Gasteiger charge is -2.01. The van der Waals surface area contributed by atoms with E-state index in [0.717, 1.165) is 5.56 Å². The lowest BCUT2D eigenvalue weighted by atomic mass is 10.1. The molecule has 0 aromatic heterocycles. The molecule has 2 aromatic carbocycles. The van der Waals surface area contributed by atoms with E-state index in [1.54, 1.807) is 12.1 Å². The Hall–Kier alpha value is -3.09. The van der Waals surface area contributed by atoms with Gasteiger partial charge >= 0.3 is 0 Å². The van der Waals surface area contributed by atoms with Crippen LogP contribution in [0.1, 0.15) is 11.1 Å². The minimum atomic E-state index is -0.649. The highest BCUT2D eigenvalue weighted by atomic mass is 16.6. The first-order chi connectivity index (χ1) is 9.99. The Balaban J connectivity index is 2.47. The van der Waals surface area contributed by atoms with Crippen molar-refractivity contribution in [2.24, 2.45) is 4.99 Å². The van der Waals surface area contributed by atoms with Crippen LogP contribution in [0.5, 0.6) is 0 Å². The van der Waals surface area contributed by atoms with E-state index in [1.165, 1.54) is 25.3 Å². The van der Waals surface area contributed by atoms with Crippen LogP contribution in [0.2, 0.25) is 0 Å². The monoisotopic (exact) mass is 285 g/mol. The SMILES string of the molecule is Cc1c([N+](=O)[O-])cc(N=Cc2ccccc2)cc1[N+](=O)[O-]. The van der Waals surface area contributed by atoms with Gasteiger partial charge in [-0.15, -0.1) is 0 Å². The molecule has 0 radical (unpaired) electrons. The lowest BCUT2D eigenvalue weighted by Crippen LogP contribution is -1.97. The summed E-state index contributed by atoms with van der Waals surface area (Å²) < 4.78 is 0. The smallest absolute Gasteiger partial charge is 0.258 e. The normalized spacial score (nSPS) is 10.7. The average molecular weight is 285 g/mol. The number of hydrogen-bond acceptors (Lipinski definition) is 5. The van der Waals surface area contributed by atoms with E-state index in [-0.39, 0.29) is 22.6 Å². The van der Waals surface area contributed by atoms with Crippen LogP contribution in [0.3, 0.4) is 0 Å². The van der Waals surface area contributed by atoms with Crippen molar-refractivity contribution in [1.29, 1.82) is 0 Å². The van der Waals surface area contributed by atoms with Crippen LogP contribution in [0, 0.1) is 27.2 Å². The summed E-state index contributed by atoms with van der Waals surface area (Å²) in [6, 6.07) is 11.5. The Morgan fingerprint density at radius 1 is 1.00 bits per heavy atom. The maximum Gasteiger partial charge on any atom is 0.281 e. The molecule has 0 aliphatic carbocycles. The second kappa shape index (κ2) is 5.91. The zero-order valence-electron chi connectivity index (χ0n) is 11.1. The molecule has 0 amide bonds. The molecule has 0 heterocycles. The molecular weight excluding hydrogens is 274 g/mol. The molecule has 0 atom stereocenters. The van der Waals surface area contributed by atoms with Crippen LogP contribution in [-0.2, 0) is 0 Å². The second-order valence-electron chi connectivity index (χ2n) is 4.29. The topological polar surface area (TPSA) is 98.6 Å². The van der Waals surface area contributed by atoms with Gasteiger partial charge in [-0.2, -0.15) is 0 Å². The third-order valence-corrected chi connectivity index (χ3v) is 2.89. The summed E-state index contributed by atoms with van der Waals surface area (Å²) in [5.41, 5.74) is 0.351. The van der Waals surface area contributed by atoms with Gasteiger partial charge in [0.05, 0.1) is 15.5 Å². The fraction of sp³-hybridized carbons (Fsp3) is 0.0714. The average Bonchev–Trinajstić information content (AvgIpc) is 2.46. The molecule has 0 spiro atoms. The van der Waals surface area contributed by atoms with Gasteiger partial charge in [-0.25, -0.2) is 0 Å². The minimum Gasteiger partial charge on any atom is -0.258 e. The van der Waals surface area contributed by atoms with Gasteiger partial charge in [0.15, 0.2) is 0 Å². The molecule has 0 aliphatic rings. The Morgan fingerprint density at radius 3 is 2.00 bits per heavy atom. The Labute approximate surface area is 119 Å². The summed E-state index contributed by atoms with van der Waals surface area (Å²) in [4.78, 5) is 24.7. The minimum absolute atomic E-state index is 0.0173. The van der Waals surface area contributed by atoms with E-state index in [9.17, 15) is 20.2 Å². The summed E-state index contributed by atoms with van der Waals surface area (Å²) in [6.07, 6.45) is 1.50. The molecule has 0 saturated carbocycles. The molecule has 0 bridgehead atoms. The molecule has 2 aromatic rings. The summed E-state index contributed by atoms with van der Waals surface area (Å²) >= 11 is 0. The molecule has 2 rings (SSSR count). The van der Waals surface area contributed by atoms with E-state index in [1.807, 2.05) is 18.2 Å². The van der Waals surface area contributed by atoms with Crippen molar-refractivity contribution < 1.29 is 9.85 Å². The van der Waals surface area contributed by atoms with Crippen LogP contribution in [0.15, 0.2) is 47.5 Å². The number of benzene rings is 2. The molecule has 0 N–H and O–H groups in total. The molecule has 7 heteroatoms. The Morgan fingerprint density at radius 2 is 1.52 bits per heavy atom. The molecule has 106 valence electrons. The van der Waals surface area contributed by atoms with Crippen molar-refractivity contribution in [3.8, 4) is 0 Å². The maximum absolute atomic E-state index is 11.0. The number of hydrogen-bond donors (Lipinski definition) is 0. The van der Waals surface area contributed by atoms with E-state index < -0.39 is 9.85 Å². The van der Waals surface area contributed by atoms with Crippen LogP contribution in [-0.4, -0.2) is 16.1 Å². The molecule has 0 fully saturated rings. The van der Waals surface area contributed by atoms with Crippen LogP contribution < -0.4 is 0 Å². The molecule has 7 nitrogen and oxygen atoms in total. The van der Waals surface area contributed by atoms with Crippen molar-refractivity contribution in [3.05, 3.63) is 73.8 Å². The lowest BCUT2D eigenvalue weighted by molar-refractivity contribution is -0.395. The van der Waals surface area contributed by atoms with Crippen molar-refractivity contribution in [3.63, 3.8) is 0 Å². The van der Waals surface area contributed by atoms with Gasteiger partial charge in [0.2, 0.25) is 0 Å². The van der Waals surface area contributed by atoms with Gasteiger partial charge in [-0.1, -0.05) is 30.3 Å². The maximum atomic E-state index is 11.0. The summed E-state index contributed by atoms with van der Waals surface area (Å²) in [5.74, 6) is 0. The summed E-state index contributed by atoms with van der Waals surface area (Å²) in [7, 11) is 0. The summed E-state index contributed by atoms with van der Waals surface area (Å²) in [6.45, 7) is 1.35. The third-order valence-electron chi connectivity index (χ3n) is 2.89. The predicted octanol–water partition coefficient (Wildman–Crippen LogP) is 3.56. The van der Waals surface area contributed by atoms with Gasteiger partial charge in [0.1, 0.15) is 5.56 Å². The van der Waals surface area contributed by atoms with Gasteiger partial charge in [0, 0.05) is 18.3 Å². The highest BCUT2D eigenvalue weighted by molar-refractivity contribution is 5.82. The summed E-state index contributed by atoms with van der Waals surface area (Å²) in [5, 5.41) is 21.9. The molecule has 0 aliphatic heterocycles. The van der Waals surface area contributed by atoms with E-state index >= 15 is 0 Å². The molecular formula is C14H11N3O4. The van der Waals surface area contributed by atoms with E-state index in [4.69, 9.17) is 0 Å². The van der Waals surface area contributed by atoms with Crippen molar-refractivity contribution in [2.45, 2.75) is 6.92 Å². The largest absolute Gasteiger partial charge is 0.281 e. The number of nitro benzene ring substituents is 2. The van der Waals surface area contributed by atoms with Crippen LogP contribution in [0.4, 0.5) is 17.1 Å². The zero-order chi connectivity index (χ0) is 15.4. The first-order valence-electron chi connectivity index (χ1n) is 6.01. The Bertz CT molecular complexity index is 691. The Kier molecular flexibility index (Phi) is 4.03. The fourth-order valence-corrected chi connectivity index (χ4v) is 1.81. The zero-order valence-corrected chi connectivity index (χ0v) is 11.1. The number of nitro groups is 2. The molecule has 21 heavy (non-hydrogen) atoms.